The molecule has 0 spiro atoms. The van der Waals surface area contributed by atoms with Crippen LogP contribution >= 0.6 is 0 Å². The van der Waals surface area contributed by atoms with E-state index < -0.39 is 43.7 Å². The van der Waals surface area contributed by atoms with Crippen LogP contribution in [-0.2, 0) is 30.9 Å². The number of ether oxygens (including phenoxy) is 1. The van der Waals surface area contributed by atoms with E-state index in [1.807, 2.05) is 0 Å². The van der Waals surface area contributed by atoms with Crippen LogP contribution < -0.4 is 0 Å². The summed E-state index contributed by atoms with van der Waals surface area (Å²) in [6.45, 7) is -1.44. The number of hydrogen-bond acceptors (Lipinski definition) is 7. The molecule has 0 saturated heterocycles. The first kappa shape index (κ1) is 17.7. The van der Waals surface area contributed by atoms with Gasteiger partial charge < -0.3 is 0 Å². The van der Waals surface area contributed by atoms with Crippen LogP contribution in [0.2, 0.25) is 3.93 Å². The first-order chi connectivity index (χ1) is 7.97. The number of aliphatic hydroxyl groups is 6. The Bertz CT molecular complexity index is 194. The number of aliphatic hydroxyl groups excluding tert-OH is 6. The first-order valence-corrected chi connectivity index (χ1v) is 9.21. The molecule has 0 fully saturated rings. The van der Waals surface area contributed by atoms with Gasteiger partial charge in [-0.1, -0.05) is 0 Å². The second-order valence-electron chi connectivity index (χ2n) is 3.73. The van der Waals surface area contributed by atoms with Crippen molar-refractivity contribution in [3.63, 3.8) is 0 Å². The fourth-order valence-corrected chi connectivity index (χ4v) is 1.82. The number of hydrogen-bond donors (Lipinski definition) is 6. The molecule has 0 heterocycles. The first-order valence-electron chi connectivity index (χ1n) is 5.32. The van der Waals surface area contributed by atoms with E-state index in [-0.39, 0.29) is 6.61 Å². The van der Waals surface area contributed by atoms with Crippen LogP contribution in [0.5, 0.6) is 0 Å². The second-order valence-corrected chi connectivity index (χ2v) is 5.98. The molecule has 0 amide bonds. The molecule has 0 saturated carbocycles. The van der Waals surface area contributed by atoms with Crippen LogP contribution in [0, 0.1) is 0 Å². The Morgan fingerprint density at radius 3 is 1.88 bits per heavy atom. The van der Waals surface area contributed by atoms with E-state index >= 15 is 0 Å². The van der Waals surface area contributed by atoms with E-state index in [1.165, 1.54) is 0 Å². The molecule has 0 aliphatic rings. The van der Waals surface area contributed by atoms with Crippen LogP contribution in [0.15, 0.2) is 0 Å². The Morgan fingerprint density at radius 1 is 0.941 bits per heavy atom. The molecule has 0 rings (SSSR count). The van der Waals surface area contributed by atoms with Gasteiger partial charge in [-0.2, -0.15) is 0 Å². The van der Waals surface area contributed by atoms with Crippen molar-refractivity contribution in [2.24, 2.45) is 0 Å². The van der Waals surface area contributed by atoms with Gasteiger partial charge in [0.1, 0.15) is 0 Å². The summed E-state index contributed by atoms with van der Waals surface area (Å²) in [4.78, 5) is 0. The fourth-order valence-electron chi connectivity index (χ4n) is 1.17. The molecule has 17 heavy (non-hydrogen) atoms. The van der Waals surface area contributed by atoms with Gasteiger partial charge in [0, 0.05) is 0 Å². The van der Waals surface area contributed by atoms with E-state index in [0.717, 1.165) is 0 Å². The summed E-state index contributed by atoms with van der Waals surface area (Å²) < 4.78 is 5.71. The Labute approximate surface area is 116 Å². The molecule has 0 aromatic rings. The van der Waals surface area contributed by atoms with Crippen LogP contribution in [-0.4, -0.2) is 81.0 Å². The van der Waals surface area contributed by atoms with Crippen LogP contribution in [0.3, 0.4) is 0 Å². The predicted molar refractivity (Wildman–Crippen MR) is 52.7 cm³/mol. The predicted octanol–water partition coefficient (Wildman–Crippen LogP) is -3.24. The third-order valence-electron chi connectivity index (χ3n) is 2.30. The summed E-state index contributed by atoms with van der Waals surface area (Å²) in [5.41, 5.74) is 0. The Morgan fingerprint density at radius 2 is 1.47 bits per heavy atom. The van der Waals surface area contributed by atoms with Crippen molar-refractivity contribution >= 4 is 0 Å². The summed E-state index contributed by atoms with van der Waals surface area (Å²) >= 11 is 0.401. The molecule has 7 nitrogen and oxygen atoms in total. The van der Waals surface area contributed by atoms with Gasteiger partial charge in [-0.15, -0.1) is 0 Å². The maximum absolute atomic E-state index is 9.59. The summed E-state index contributed by atoms with van der Waals surface area (Å²) in [7, 11) is 0. The van der Waals surface area contributed by atoms with Gasteiger partial charge >= 0.3 is 116 Å². The molecule has 5 atom stereocenters. The van der Waals surface area contributed by atoms with Gasteiger partial charge in [-0.3, -0.25) is 0 Å². The molecular weight excluding hydrogens is 421 g/mol. The van der Waals surface area contributed by atoms with Gasteiger partial charge in [0.15, 0.2) is 0 Å². The van der Waals surface area contributed by atoms with Gasteiger partial charge in [0.25, 0.3) is 0 Å². The monoisotopic (exact) mass is 441 g/mol. The molecule has 0 aromatic heterocycles. The summed E-state index contributed by atoms with van der Waals surface area (Å²) in [5.74, 6) is 0. The molecule has 0 bridgehead atoms. The van der Waals surface area contributed by atoms with Crippen LogP contribution in [0.1, 0.15) is 0 Å². The standard InChI is InChI=1S/C9H19O7.Hg/c1-5(12)4-16-9(7(14)3-11)8(15)6(13)2-10;/h5-15H,1-4H2;/q;+1/t5?,6-,7-,8-,9-;/m1./s1. The molecule has 0 aliphatic carbocycles. The van der Waals surface area contributed by atoms with Crippen molar-refractivity contribution in [1.82, 2.24) is 0 Å². The normalized spacial score (nSPS) is 20.7. The summed E-state index contributed by atoms with van der Waals surface area (Å²) in [6, 6.07) is 0. The Kier molecular flexibility index (Phi) is 9.94. The van der Waals surface area contributed by atoms with Crippen LogP contribution in [0.4, 0.5) is 0 Å². The molecule has 98 valence electrons. The summed E-state index contributed by atoms with van der Waals surface area (Å²) in [5, 5.41) is 55.0. The molecule has 0 aromatic carbocycles. The average Bonchev–Trinajstić information content (AvgIpc) is 2.36. The molecule has 6 N–H and O–H groups in total. The van der Waals surface area contributed by atoms with Crippen molar-refractivity contribution in [3.8, 4) is 0 Å². The quantitative estimate of drug-likeness (QED) is 0.208. The van der Waals surface area contributed by atoms with E-state index in [2.05, 4.69) is 0 Å². The van der Waals surface area contributed by atoms with Gasteiger partial charge in [-0.25, -0.2) is 0 Å². The molecule has 0 aliphatic heterocycles. The van der Waals surface area contributed by atoms with Crippen LogP contribution in [0.25, 0.3) is 0 Å². The second kappa shape index (κ2) is 9.57. The van der Waals surface area contributed by atoms with Crippen molar-refractivity contribution in [2.75, 3.05) is 19.8 Å². The van der Waals surface area contributed by atoms with E-state index in [9.17, 15) is 20.4 Å². The number of rotatable bonds is 9. The zero-order chi connectivity index (χ0) is 13.4. The SMILES string of the molecule is OC[C@@H](O)[C@@H](O)[C@H](OCC(O)[CH2][Hg+])[C@H](O)CO. The Hall–Kier alpha value is 0.655. The molecule has 1 unspecified atom stereocenters. The van der Waals surface area contributed by atoms with Gasteiger partial charge in [-0.05, 0) is 0 Å². The molecule has 8 heteroatoms. The fraction of sp³-hybridized carbons (Fsp3) is 1.00. The van der Waals surface area contributed by atoms with Crippen molar-refractivity contribution < 1.29 is 61.5 Å². The van der Waals surface area contributed by atoms with Crippen molar-refractivity contribution in [1.29, 1.82) is 0 Å². The topological polar surface area (TPSA) is 131 Å². The minimum absolute atomic E-state index is 0.0968. The maximum atomic E-state index is 9.59. The van der Waals surface area contributed by atoms with Crippen molar-refractivity contribution in [2.45, 2.75) is 34.4 Å². The zero-order valence-corrected chi connectivity index (χ0v) is 15.0. The molecule has 0 radical (unpaired) electrons. The van der Waals surface area contributed by atoms with Gasteiger partial charge in [0.2, 0.25) is 0 Å². The zero-order valence-electron chi connectivity index (χ0n) is 9.51. The van der Waals surface area contributed by atoms with E-state index in [4.69, 9.17) is 14.9 Å². The Balaban J connectivity index is 4.42. The summed E-state index contributed by atoms with van der Waals surface area (Å²) in [6.07, 6.45) is -6.33. The van der Waals surface area contributed by atoms with E-state index in [0.29, 0.717) is 30.1 Å². The minimum atomic E-state index is -1.53. The average molecular weight is 440 g/mol. The van der Waals surface area contributed by atoms with E-state index in [1.54, 1.807) is 0 Å². The third-order valence-corrected chi connectivity index (χ3v) is 4.89. The van der Waals surface area contributed by atoms with Gasteiger partial charge in [0.05, 0.1) is 0 Å². The third kappa shape index (κ3) is 6.39. The van der Waals surface area contributed by atoms with Crippen molar-refractivity contribution in [3.05, 3.63) is 0 Å². The molecular formula is C9H19HgO7+.